The highest BCUT2D eigenvalue weighted by molar-refractivity contribution is 6.02. The van der Waals surface area contributed by atoms with Crippen LogP contribution in [-0.2, 0) is 0 Å². The number of amides is 1. The number of hydrogen-bond acceptors (Lipinski definition) is 4. The lowest BCUT2D eigenvalue weighted by molar-refractivity contribution is 0.102. The Labute approximate surface area is 144 Å². The maximum Gasteiger partial charge on any atom is 0.276 e. The Morgan fingerprint density at radius 2 is 1.62 bits per heavy atom. The van der Waals surface area contributed by atoms with Crippen molar-refractivity contribution in [1.29, 1.82) is 0 Å². The fraction of sp³-hybridized carbons (Fsp3) is 0. The van der Waals surface area contributed by atoms with Crippen molar-refractivity contribution < 1.29 is 22.4 Å². The van der Waals surface area contributed by atoms with E-state index >= 15 is 0 Å². The average Bonchev–Trinajstić information content (AvgIpc) is 2.61. The summed E-state index contributed by atoms with van der Waals surface area (Å²) < 4.78 is 53.5. The Bertz CT molecular complexity index is 943. The van der Waals surface area contributed by atoms with Crippen molar-refractivity contribution in [3.63, 3.8) is 0 Å². The fourth-order valence-electron chi connectivity index (χ4n) is 2.03. The van der Waals surface area contributed by atoms with Crippen LogP contribution in [0.4, 0.5) is 34.8 Å². The van der Waals surface area contributed by atoms with Gasteiger partial charge in [-0.1, -0.05) is 6.07 Å². The molecule has 0 atom stereocenters. The minimum Gasteiger partial charge on any atom is -0.337 e. The molecule has 1 amide bonds. The third-order valence-electron chi connectivity index (χ3n) is 3.28. The SMILES string of the molecule is O=C(Nc1c(F)cccc1F)c1cnc(Nc2ccc(F)cc2F)cn1. The molecule has 0 bridgehead atoms. The van der Waals surface area contributed by atoms with Crippen LogP contribution in [0.25, 0.3) is 0 Å². The van der Waals surface area contributed by atoms with Gasteiger partial charge in [0.2, 0.25) is 0 Å². The van der Waals surface area contributed by atoms with Gasteiger partial charge in [0, 0.05) is 6.07 Å². The lowest BCUT2D eigenvalue weighted by Gasteiger charge is -2.08. The van der Waals surface area contributed by atoms with Crippen LogP contribution in [0.15, 0.2) is 48.8 Å². The van der Waals surface area contributed by atoms with Crippen molar-refractivity contribution >= 4 is 23.1 Å². The van der Waals surface area contributed by atoms with Gasteiger partial charge in [0.15, 0.2) is 0 Å². The van der Waals surface area contributed by atoms with Crippen LogP contribution in [0.2, 0.25) is 0 Å². The quantitative estimate of drug-likeness (QED) is 0.688. The second-order valence-corrected chi connectivity index (χ2v) is 5.09. The second kappa shape index (κ2) is 7.18. The number of nitrogens with zero attached hydrogens (tertiary/aromatic N) is 2. The Morgan fingerprint density at radius 1 is 0.885 bits per heavy atom. The van der Waals surface area contributed by atoms with E-state index in [4.69, 9.17) is 0 Å². The van der Waals surface area contributed by atoms with Crippen LogP contribution in [0.5, 0.6) is 0 Å². The van der Waals surface area contributed by atoms with E-state index in [0.717, 1.165) is 36.7 Å². The van der Waals surface area contributed by atoms with Crippen molar-refractivity contribution in [3.05, 3.63) is 77.8 Å². The maximum absolute atomic E-state index is 13.6. The Kier molecular flexibility index (Phi) is 4.78. The standard InChI is InChI=1S/C17H10F4N4O/c18-9-4-5-13(12(21)6-9)24-15-8-22-14(7-23-15)17(26)25-16-10(19)2-1-3-11(16)20/h1-8H,(H,23,24)(H,25,26). The van der Waals surface area contributed by atoms with Crippen LogP contribution in [0.1, 0.15) is 10.5 Å². The highest BCUT2D eigenvalue weighted by Crippen LogP contribution is 2.20. The minimum absolute atomic E-state index is 0.0358. The van der Waals surface area contributed by atoms with Crippen molar-refractivity contribution in [2.75, 3.05) is 10.6 Å². The summed E-state index contributed by atoms with van der Waals surface area (Å²) in [5, 5.41) is 4.63. The lowest BCUT2D eigenvalue weighted by atomic mass is 10.2. The highest BCUT2D eigenvalue weighted by Gasteiger charge is 2.15. The van der Waals surface area contributed by atoms with E-state index in [2.05, 4.69) is 20.6 Å². The van der Waals surface area contributed by atoms with E-state index in [9.17, 15) is 22.4 Å². The van der Waals surface area contributed by atoms with Gasteiger partial charge in [-0.25, -0.2) is 27.5 Å². The van der Waals surface area contributed by atoms with Crippen molar-refractivity contribution in [1.82, 2.24) is 9.97 Å². The molecule has 0 radical (unpaired) electrons. The van der Waals surface area contributed by atoms with E-state index < -0.39 is 34.9 Å². The van der Waals surface area contributed by atoms with Crippen molar-refractivity contribution in [3.8, 4) is 0 Å². The summed E-state index contributed by atoms with van der Waals surface area (Å²) in [6, 6.07) is 6.08. The number of carbonyl (C=O) groups excluding carboxylic acids is 1. The van der Waals surface area contributed by atoms with Crippen LogP contribution < -0.4 is 10.6 Å². The summed E-state index contributed by atoms with van der Waals surface area (Å²) >= 11 is 0. The zero-order valence-electron chi connectivity index (χ0n) is 12.9. The van der Waals surface area contributed by atoms with E-state index in [-0.39, 0.29) is 17.2 Å². The average molecular weight is 362 g/mol. The summed E-state index contributed by atoms with van der Waals surface area (Å²) in [6.07, 6.45) is 2.16. The Morgan fingerprint density at radius 3 is 2.23 bits per heavy atom. The molecule has 26 heavy (non-hydrogen) atoms. The molecule has 0 spiro atoms. The van der Waals surface area contributed by atoms with Gasteiger partial charge in [-0.15, -0.1) is 0 Å². The number of benzene rings is 2. The molecule has 0 saturated carbocycles. The molecule has 2 N–H and O–H groups in total. The molecule has 9 heteroatoms. The van der Waals surface area contributed by atoms with E-state index in [1.807, 2.05) is 0 Å². The number of carbonyl (C=O) groups is 1. The number of rotatable bonds is 4. The highest BCUT2D eigenvalue weighted by atomic mass is 19.1. The third kappa shape index (κ3) is 3.77. The molecule has 0 aliphatic carbocycles. The molecule has 0 aliphatic rings. The molecule has 132 valence electrons. The molecule has 3 aromatic rings. The molecule has 0 aliphatic heterocycles. The smallest absolute Gasteiger partial charge is 0.276 e. The van der Waals surface area contributed by atoms with E-state index in [1.165, 1.54) is 6.07 Å². The Balaban J connectivity index is 1.74. The van der Waals surface area contributed by atoms with Gasteiger partial charge in [-0.3, -0.25) is 4.79 Å². The monoisotopic (exact) mass is 362 g/mol. The first-order valence-corrected chi connectivity index (χ1v) is 7.23. The molecular weight excluding hydrogens is 352 g/mol. The van der Waals surface area contributed by atoms with Crippen molar-refractivity contribution in [2.24, 2.45) is 0 Å². The molecule has 1 heterocycles. The number of nitrogens with one attached hydrogen (secondary N) is 2. The summed E-state index contributed by atoms with van der Waals surface area (Å²) in [5.74, 6) is -4.21. The molecule has 0 saturated heterocycles. The van der Waals surface area contributed by atoms with Crippen LogP contribution in [0.3, 0.4) is 0 Å². The number of aromatic nitrogens is 2. The predicted octanol–water partition coefficient (Wildman–Crippen LogP) is 4.03. The normalized spacial score (nSPS) is 10.5. The number of hydrogen-bond donors (Lipinski definition) is 2. The molecule has 5 nitrogen and oxygen atoms in total. The third-order valence-corrected chi connectivity index (χ3v) is 3.28. The zero-order chi connectivity index (χ0) is 18.7. The van der Waals surface area contributed by atoms with Gasteiger partial charge in [0.1, 0.15) is 40.5 Å². The number of halogens is 4. The molecule has 1 aromatic heterocycles. The molecule has 2 aromatic carbocycles. The van der Waals surface area contributed by atoms with Crippen LogP contribution in [-0.4, -0.2) is 15.9 Å². The van der Waals surface area contributed by atoms with Gasteiger partial charge in [-0.05, 0) is 24.3 Å². The predicted molar refractivity (Wildman–Crippen MR) is 86.0 cm³/mol. The molecule has 0 unspecified atom stereocenters. The summed E-state index contributed by atoms with van der Waals surface area (Å²) in [7, 11) is 0. The minimum atomic E-state index is -0.934. The van der Waals surface area contributed by atoms with Gasteiger partial charge in [-0.2, -0.15) is 0 Å². The van der Waals surface area contributed by atoms with Crippen LogP contribution >= 0.6 is 0 Å². The van der Waals surface area contributed by atoms with Crippen LogP contribution in [0, 0.1) is 23.3 Å². The summed E-state index contributed by atoms with van der Waals surface area (Å²) in [6.45, 7) is 0. The van der Waals surface area contributed by atoms with Gasteiger partial charge < -0.3 is 10.6 Å². The summed E-state index contributed by atoms with van der Waals surface area (Å²) in [4.78, 5) is 19.7. The summed E-state index contributed by atoms with van der Waals surface area (Å²) in [5.41, 5.74) is -0.848. The largest absolute Gasteiger partial charge is 0.337 e. The first-order chi connectivity index (χ1) is 12.4. The lowest BCUT2D eigenvalue weighted by Crippen LogP contribution is -2.16. The molecular formula is C17H10F4N4O. The first kappa shape index (κ1) is 17.3. The topological polar surface area (TPSA) is 66.9 Å². The zero-order valence-corrected chi connectivity index (χ0v) is 12.9. The van der Waals surface area contributed by atoms with E-state index in [0.29, 0.717) is 6.07 Å². The van der Waals surface area contributed by atoms with Crippen molar-refractivity contribution in [2.45, 2.75) is 0 Å². The molecule has 0 fully saturated rings. The van der Waals surface area contributed by atoms with E-state index in [1.54, 1.807) is 0 Å². The Hall–Kier alpha value is -3.49. The van der Waals surface area contributed by atoms with Gasteiger partial charge in [0.05, 0.1) is 18.1 Å². The second-order valence-electron chi connectivity index (χ2n) is 5.09. The number of anilines is 3. The number of para-hydroxylation sites is 1. The fourth-order valence-corrected chi connectivity index (χ4v) is 2.03. The van der Waals surface area contributed by atoms with Gasteiger partial charge in [0.25, 0.3) is 5.91 Å². The first-order valence-electron chi connectivity index (χ1n) is 7.23. The van der Waals surface area contributed by atoms with Gasteiger partial charge >= 0.3 is 0 Å². The maximum atomic E-state index is 13.6. The molecule has 3 rings (SSSR count).